The van der Waals surface area contributed by atoms with Crippen molar-refractivity contribution in [2.45, 2.75) is 6.04 Å². The van der Waals surface area contributed by atoms with Gasteiger partial charge in [-0.1, -0.05) is 0 Å². The highest BCUT2D eigenvalue weighted by atomic mass is 127. The molecule has 5 nitrogen and oxygen atoms in total. The first-order valence-corrected chi connectivity index (χ1v) is 5.17. The van der Waals surface area contributed by atoms with E-state index >= 15 is 0 Å². The third-order valence-corrected chi connectivity index (χ3v) is 2.39. The van der Waals surface area contributed by atoms with E-state index in [0.29, 0.717) is 6.61 Å². The first-order valence-electron chi connectivity index (χ1n) is 4.09. The summed E-state index contributed by atoms with van der Waals surface area (Å²) in [5.74, 6) is 0.719. The summed E-state index contributed by atoms with van der Waals surface area (Å²) >= 11 is 2.13. The maximum atomic E-state index is 9.02. The molecule has 0 spiro atoms. The number of hydrogen-bond acceptors (Lipinski definition) is 5. The standard InChI is InChI=1S/C8H12IN3O2/c1-14-4-6(3-13)12-8-7(9)2-10-5-11-8/h2,5-6,13H,3-4H2,1H3,(H,10,11,12). The van der Waals surface area contributed by atoms with Gasteiger partial charge in [-0.15, -0.1) is 0 Å². The number of aliphatic hydroxyl groups excluding tert-OH is 1. The molecule has 0 aliphatic rings. The van der Waals surface area contributed by atoms with Gasteiger partial charge in [-0.2, -0.15) is 0 Å². The lowest BCUT2D eigenvalue weighted by Crippen LogP contribution is -2.29. The van der Waals surface area contributed by atoms with Crippen LogP contribution in [0.15, 0.2) is 12.5 Å². The average molecular weight is 309 g/mol. The van der Waals surface area contributed by atoms with Gasteiger partial charge in [0.2, 0.25) is 0 Å². The first kappa shape index (κ1) is 11.6. The number of aromatic nitrogens is 2. The molecule has 0 saturated carbocycles. The predicted molar refractivity (Wildman–Crippen MR) is 61.1 cm³/mol. The highest BCUT2D eigenvalue weighted by molar-refractivity contribution is 14.1. The van der Waals surface area contributed by atoms with Crippen LogP contribution in [0.1, 0.15) is 0 Å². The fourth-order valence-electron chi connectivity index (χ4n) is 0.953. The number of aliphatic hydroxyl groups is 1. The topological polar surface area (TPSA) is 67.3 Å². The van der Waals surface area contributed by atoms with Gasteiger partial charge in [-0.3, -0.25) is 0 Å². The van der Waals surface area contributed by atoms with Crippen LogP contribution in [0.5, 0.6) is 0 Å². The van der Waals surface area contributed by atoms with Gasteiger partial charge in [0, 0.05) is 13.3 Å². The van der Waals surface area contributed by atoms with E-state index in [9.17, 15) is 0 Å². The van der Waals surface area contributed by atoms with Gasteiger partial charge in [-0.05, 0) is 22.6 Å². The molecule has 0 amide bonds. The summed E-state index contributed by atoms with van der Waals surface area (Å²) in [4.78, 5) is 7.92. The van der Waals surface area contributed by atoms with Crippen molar-refractivity contribution < 1.29 is 9.84 Å². The summed E-state index contributed by atoms with van der Waals surface area (Å²) in [7, 11) is 1.59. The summed E-state index contributed by atoms with van der Waals surface area (Å²) in [6.45, 7) is 0.449. The smallest absolute Gasteiger partial charge is 0.143 e. The molecule has 0 aliphatic heterocycles. The zero-order valence-corrected chi connectivity index (χ0v) is 9.93. The fraction of sp³-hybridized carbons (Fsp3) is 0.500. The SMILES string of the molecule is COCC(CO)Nc1ncncc1I. The molecule has 6 heteroatoms. The van der Waals surface area contributed by atoms with Crippen LogP contribution in [0, 0.1) is 3.57 Å². The molecule has 0 aromatic carbocycles. The molecule has 0 bridgehead atoms. The van der Waals surface area contributed by atoms with Crippen molar-refractivity contribution in [3.63, 3.8) is 0 Å². The predicted octanol–water partition coefficient (Wildman–Crippen LogP) is 0.500. The van der Waals surface area contributed by atoms with Crippen molar-refractivity contribution in [3.8, 4) is 0 Å². The van der Waals surface area contributed by atoms with Crippen molar-refractivity contribution in [1.29, 1.82) is 0 Å². The maximum absolute atomic E-state index is 9.02. The molecule has 1 aromatic rings. The minimum atomic E-state index is -0.136. The van der Waals surface area contributed by atoms with Crippen LogP contribution in [0.25, 0.3) is 0 Å². The monoisotopic (exact) mass is 309 g/mol. The summed E-state index contributed by atoms with van der Waals surface area (Å²) in [6, 6.07) is -0.136. The van der Waals surface area contributed by atoms with E-state index < -0.39 is 0 Å². The fourth-order valence-corrected chi connectivity index (χ4v) is 1.41. The molecule has 1 rings (SSSR count). The highest BCUT2D eigenvalue weighted by Gasteiger charge is 2.09. The molecule has 1 unspecified atom stereocenters. The summed E-state index contributed by atoms with van der Waals surface area (Å²) in [5, 5.41) is 12.1. The van der Waals surface area contributed by atoms with E-state index in [1.54, 1.807) is 13.3 Å². The first-order chi connectivity index (χ1) is 6.77. The van der Waals surface area contributed by atoms with Crippen molar-refractivity contribution in [2.24, 2.45) is 0 Å². The van der Waals surface area contributed by atoms with Crippen LogP contribution in [0.3, 0.4) is 0 Å². The Morgan fingerprint density at radius 2 is 2.50 bits per heavy atom. The van der Waals surface area contributed by atoms with Crippen LogP contribution in [-0.2, 0) is 4.74 Å². The largest absolute Gasteiger partial charge is 0.394 e. The molecular formula is C8H12IN3O2. The van der Waals surface area contributed by atoms with E-state index in [2.05, 4.69) is 37.9 Å². The van der Waals surface area contributed by atoms with Crippen LogP contribution < -0.4 is 5.32 Å². The summed E-state index contributed by atoms with van der Waals surface area (Å²) in [5.41, 5.74) is 0. The molecule has 2 N–H and O–H groups in total. The lowest BCUT2D eigenvalue weighted by Gasteiger charge is -2.16. The Balaban J connectivity index is 2.62. The second kappa shape index (κ2) is 6.10. The van der Waals surface area contributed by atoms with Crippen molar-refractivity contribution in [1.82, 2.24) is 9.97 Å². The zero-order chi connectivity index (χ0) is 10.4. The number of anilines is 1. The highest BCUT2D eigenvalue weighted by Crippen LogP contribution is 2.13. The number of halogens is 1. The molecule has 0 radical (unpaired) electrons. The van der Waals surface area contributed by atoms with Crippen molar-refractivity contribution >= 4 is 28.4 Å². The van der Waals surface area contributed by atoms with Gasteiger partial charge in [0.05, 0.1) is 22.8 Å². The molecule has 0 aliphatic carbocycles. The van der Waals surface area contributed by atoms with Gasteiger partial charge in [0.1, 0.15) is 12.1 Å². The number of methoxy groups -OCH3 is 1. The summed E-state index contributed by atoms with van der Waals surface area (Å²) < 4.78 is 5.85. The van der Waals surface area contributed by atoms with Crippen LogP contribution in [0.4, 0.5) is 5.82 Å². The Morgan fingerprint density at radius 3 is 3.07 bits per heavy atom. The molecule has 0 fully saturated rings. The van der Waals surface area contributed by atoms with Gasteiger partial charge in [0.15, 0.2) is 0 Å². The number of nitrogens with one attached hydrogen (secondary N) is 1. The Bertz CT molecular complexity index is 285. The Hall–Kier alpha value is -0.470. The Kier molecular flexibility index (Phi) is 5.05. The van der Waals surface area contributed by atoms with Gasteiger partial charge in [-0.25, -0.2) is 9.97 Å². The average Bonchev–Trinajstić information content (AvgIpc) is 2.20. The second-order valence-corrected chi connectivity index (χ2v) is 3.86. The van der Waals surface area contributed by atoms with E-state index in [0.717, 1.165) is 9.39 Å². The third-order valence-electron chi connectivity index (χ3n) is 1.60. The molecular weight excluding hydrogens is 297 g/mol. The van der Waals surface area contributed by atoms with Crippen molar-refractivity contribution in [3.05, 3.63) is 16.1 Å². The van der Waals surface area contributed by atoms with Gasteiger partial charge < -0.3 is 15.2 Å². The second-order valence-electron chi connectivity index (χ2n) is 2.70. The number of rotatable bonds is 5. The summed E-state index contributed by atoms with van der Waals surface area (Å²) in [6.07, 6.45) is 3.17. The quantitative estimate of drug-likeness (QED) is 0.776. The van der Waals surface area contributed by atoms with Crippen LogP contribution in [-0.4, -0.2) is 41.4 Å². The maximum Gasteiger partial charge on any atom is 0.143 e. The molecule has 78 valence electrons. The number of hydrogen-bond donors (Lipinski definition) is 2. The van der Waals surface area contributed by atoms with E-state index in [4.69, 9.17) is 9.84 Å². The molecule has 14 heavy (non-hydrogen) atoms. The molecule has 0 saturated heterocycles. The van der Waals surface area contributed by atoms with Crippen molar-refractivity contribution in [2.75, 3.05) is 25.6 Å². The van der Waals surface area contributed by atoms with Gasteiger partial charge >= 0.3 is 0 Å². The minimum Gasteiger partial charge on any atom is -0.394 e. The third kappa shape index (κ3) is 3.35. The molecule has 1 heterocycles. The van der Waals surface area contributed by atoms with Crippen LogP contribution in [0.2, 0.25) is 0 Å². The Labute approximate surface area is 96.0 Å². The van der Waals surface area contributed by atoms with E-state index in [1.807, 2.05) is 0 Å². The van der Waals surface area contributed by atoms with E-state index in [1.165, 1.54) is 6.33 Å². The molecule has 1 aromatic heterocycles. The zero-order valence-electron chi connectivity index (χ0n) is 7.77. The van der Waals surface area contributed by atoms with Crippen LogP contribution >= 0.6 is 22.6 Å². The molecule has 1 atom stereocenters. The minimum absolute atomic E-state index is 0.00786. The lowest BCUT2D eigenvalue weighted by molar-refractivity contribution is 0.153. The van der Waals surface area contributed by atoms with E-state index in [-0.39, 0.29) is 12.6 Å². The Morgan fingerprint density at radius 1 is 1.71 bits per heavy atom. The number of nitrogens with zero attached hydrogens (tertiary/aromatic N) is 2. The number of ether oxygens (including phenoxy) is 1. The lowest BCUT2D eigenvalue weighted by atomic mass is 10.3. The normalized spacial score (nSPS) is 12.5. The van der Waals surface area contributed by atoms with Gasteiger partial charge in [0.25, 0.3) is 0 Å².